The van der Waals surface area contributed by atoms with Crippen LogP contribution in [-0.4, -0.2) is 25.0 Å². The third kappa shape index (κ3) is 3.07. The second kappa shape index (κ2) is 6.82. The van der Waals surface area contributed by atoms with Gasteiger partial charge < -0.3 is 9.47 Å². The van der Waals surface area contributed by atoms with Crippen LogP contribution in [0.1, 0.15) is 25.3 Å². The topological polar surface area (TPSA) is 52.6 Å². The van der Waals surface area contributed by atoms with E-state index in [0.717, 1.165) is 24.0 Å². The van der Waals surface area contributed by atoms with Crippen molar-refractivity contribution in [3.63, 3.8) is 0 Å². The molecule has 0 saturated carbocycles. The molecule has 0 fully saturated rings. The smallest absolute Gasteiger partial charge is 0.317 e. The fourth-order valence-corrected chi connectivity index (χ4v) is 3.19. The highest BCUT2D eigenvalue weighted by Crippen LogP contribution is 2.41. The molecular formula is C19H20O4. The van der Waals surface area contributed by atoms with Gasteiger partial charge in [0.1, 0.15) is 5.92 Å². The van der Waals surface area contributed by atoms with Crippen LogP contribution < -0.4 is 0 Å². The van der Waals surface area contributed by atoms with Crippen LogP contribution in [0.2, 0.25) is 0 Å². The van der Waals surface area contributed by atoms with Crippen molar-refractivity contribution in [1.29, 1.82) is 0 Å². The first-order chi connectivity index (χ1) is 11.2. The van der Waals surface area contributed by atoms with Gasteiger partial charge in [-0.2, -0.15) is 0 Å². The molecule has 0 aromatic heterocycles. The predicted molar refractivity (Wildman–Crippen MR) is 86.3 cm³/mol. The molecule has 1 aliphatic heterocycles. The largest absolute Gasteiger partial charge is 0.490 e. The van der Waals surface area contributed by atoms with Gasteiger partial charge in [-0.15, -0.1) is 0 Å². The number of rotatable bonds is 4. The molecule has 1 aromatic rings. The lowest BCUT2D eigenvalue weighted by atomic mass is 9.88. The van der Waals surface area contributed by atoms with Crippen LogP contribution in [0.25, 0.3) is 6.08 Å². The number of ether oxygens (including phenoxy) is 2. The summed E-state index contributed by atoms with van der Waals surface area (Å²) in [7, 11) is 0. The van der Waals surface area contributed by atoms with E-state index in [0.29, 0.717) is 12.4 Å². The average molecular weight is 312 g/mol. The molecule has 1 heterocycles. The molecule has 0 radical (unpaired) electrons. The molecule has 120 valence electrons. The number of Topliss-reactive ketones (excluding diaryl/α,β-unsaturated/α-hetero) is 1. The van der Waals surface area contributed by atoms with E-state index in [9.17, 15) is 9.59 Å². The summed E-state index contributed by atoms with van der Waals surface area (Å²) in [6.07, 6.45) is 5.55. The minimum atomic E-state index is -0.807. The molecule has 0 spiro atoms. The second-order valence-corrected chi connectivity index (χ2v) is 5.70. The Kier molecular flexibility index (Phi) is 4.60. The van der Waals surface area contributed by atoms with Crippen LogP contribution in [0.3, 0.4) is 0 Å². The summed E-state index contributed by atoms with van der Waals surface area (Å²) in [5.41, 5.74) is 1.97. The Morgan fingerprint density at radius 3 is 2.87 bits per heavy atom. The van der Waals surface area contributed by atoms with E-state index in [4.69, 9.17) is 9.47 Å². The van der Waals surface area contributed by atoms with Gasteiger partial charge in [0.2, 0.25) is 5.78 Å². The van der Waals surface area contributed by atoms with E-state index in [1.807, 2.05) is 42.5 Å². The van der Waals surface area contributed by atoms with Gasteiger partial charge in [-0.05, 0) is 30.9 Å². The van der Waals surface area contributed by atoms with Crippen molar-refractivity contribution in [2.45, 2.75) is 19.8 Å². The summed E-state index contributed by atoms with van der Waals surface area (Å²) in [6.45, 7) is 2.55. The lowest BCUT2D eigenvalue weighted by Crippen LogP contribution is -2.28. The number of benzene rings is 1. The third-order valence-corrected chi connectivity index (χ3v) is 4.23. The monoisotopic (exact) mass is 312 g/mol. The summed E-state index contributed by atoms with van der Waals surface area (Å²) in [4.78, 5) is 24.8. The number of carbonyl (C=O) groups excluding carboxylic acids is 2. The highest BCUT2D eigenvalue weighted by molar-refractivity contribution is 6.11. The van der Waals surface area contributed by atoms with Crippen LogP contribution in [0.5, 0.6) is 0 Å². The number of hydrogen-bond donors (Lipinski definition) is 0. The van der Waals surface area contributed by atoms with Crippen molar-refractivity contribution in [2.24, 2.45) is 11.8 Å². The van der Waals surface area contributed by atoms with Crippen LogP contribution in [-0.2, 0) is 19.1 Å². The van der Waals surface area contributed by atoms with Gasteiger partial charge in [-0.3, -0.25) is 9.59 Å². The molecule has 1 aliphatic carbocycles. The fourth-order valence-electron chi connectivity index (χ4n) is 3.19. The lowest BCUT2D eigenvalue weighted by molar-refractivity contribution is -0.151. The van der Waals surface area contributed by atoms with E-state index >= 15 is 0 Å². The van der Waals surface area contributed by atoms with Crippen LogP contribution in [0.15, 0.2) is 47.7 Å². The Hall–Kier alpha value is -2.36. The van der Waals surface area contributed by atoms with E-state index in [1.54, 1.807) is 6.92 Å². The molecule has 4 heteroatoms. The zero-order chi connectivity index (χ0) is 16.2. The van der Waals surface area contributed by atoms with Gasteiger partial charge in [0.15, 0.2) is 5.76 Å². The Labute approximate surface area is 135 Å². The van der Waals surface area contributed by atoms with Crippen molar-refractivity contribution in [2.75, 3.05) is 13.2 Å². The fraction of sp³-hybridized carbons (Fsp3) is 0.368. The molecule has 3 rings (SSSR count). The first-order valence-corrected chi connectivity index (χ1v) is 8.02. The van der Waals surface area contributed by atoms with Crippen molar-refractivity contribution in [3.05, 3.63) is 53.3 Å². The molecule has 0 saturated heterocycles. The molecule has 1 aromatic carbocycles. The molecule has 2 aliphatic rings. The van der Waals surface area contributed by atoms with E-state index < -0.39 is 11.9 Å². The van der Waals surface area contributed by atoms with Gasteiger partial charge in [0.05, 0.1) is 13.2 Å². The number of hydrogen-bond acceptors (Lipinski definition) is 4. The van der Waals surface area contributed by atoms with Gasteiger partial charge in [0, 0.05) is 5.92 Å². The lowest BCUT2D eigenvalue weighted by Gasteiger charge is -2.18. The average Bonchev–Trinajstić information content (AvgIpc) is 2.87. The standard InChI is InChI=1S/C19H20O4/c1-2-22-19(21)16-14(11-10-13-7-4-3-5-8-13)15-9-6-12-23-18(15)17(16)20/h3-5,7-8,10-11,14,16H,2,6,9,12H2,1H3/b11-10+/t14-,16+/m1/s1. The normalized spacial score (nSPS) is 23.8. The highest BCUT2D eigenvalue weighted by Gasteiger charge is 2.47. The van der Waals surface area contributed by atoms with Crippen LogP contribution in [0.4, 0.5) is 0 Å². The minimum absolute atomic E-state index is 0.235. The van der Waals surface area contributed by atoms with Gasteiger partial charge in [0.25, 0.3) is 0 Å². The summed E-state index contributed by atoms with van der Waals surface area (Å²) in [5.74, 6) is -1.38. The van der Waals surface area contributed by atoms with Crippen molar-refractivity contribution in [1.82, 2.24) is 0 Å². The SMILES string of the molecule is CCOC(=O)[C@@H]1C(=O)C2=C(CCCO2)[C@H]1/C=C/c1ccccc1. The zero-order valence-corrected chi connectivity index (χ0v) is 13.2. The number of ketones is 1. The second-order valence-electron chi connectivity index (χ2n) is 5.70. The molecule has 2 atom stereocenters. The van der Waals surface area contributed by atoms with Gasteiger partial charge in [-0.1, -0.05) is 42.5 Å². The molecular weight excluding hydrogens is 292 g/mol. The Balaban J connectivity index is 1.91. The highest BCUT2D eigenvalue weighted by atomic mass is 16.5. The number of esters is 1. The maximum atomic E-state index is 12.6. The van der Waals surface area contributed by atoms with E-state index in [2.05, 4.69) is 0 Å². The molecule has 0 amide bonds. The number of carbonyl (C=O) groups is 2. The Bertz CT molecular complexity index is 657. The minimum Gasteiger partial charge on any atom is -0.490 e. The third-order valence-electron chi connectivity index (χ3n) is 4.23. The molecule has 0 N–H and O–H groups in total. The summed E-state index contributed by atoms with van der Waals surface area (Å²) >= 11 is 0. The maximum Gasteiger partial charge on any atom is 0.317 e. The first kappa shape index (κ1) is 15.5. The summed E-state index contributed by atoms with van der Waals surface area (Å²) in [6, 6.07) is 9.83. The van der Waals surface area contributed by atoms with Crippen LogP contribution >= 0.6 is 0 Å². The predicted octanol–water partition coefficient (Wildman–Crippen LogP) is 3.14. The van der Waals surface area contributed by atoms with Crippen molar-refractivity contribution >= 4 is 17.8 Å². The molecule has 0 bridgehead atoms. The Morgan fingerprint density at radius 2 is 2.13 bits per heavy atom. The van der Waals surface area contributed by atoms with E-state index in [-0.39, 0.29) is 18.3 Å². The first-order valence-electron chi connectivity index (χ1n) is 8.02. The summed E-state index contributed by atoms with van der Waals surface area (Å²) in [5, 5.41) is 0. The molecule has 23 heavy (non-hydrogen) atoms. The quantitative estimate of drug-likeness (QED) is 0.633. The molecule has 0 unspecified atom stereocenters. The van der Waals surface area contributed by atoms with Gasteiger partial charge >= 0.3 is 5.97 Å². The maximum absolute atomic E-state index is 12.6. The van der Waals surface area contributed by atoms with Crippen LogP contribution in [0, 0.1) is 11.8 Å². The van der Waals surface area contributed by atoms with Crippen molar-refractivity contribution in [3.8, 4) is 0 Å². The number of allylic oxidation sites excluding steroid dienone is 3. The molecule has 4 nitrogen and oxygen atoms in total. The zero-order valence-electron chi connectivity index (χ0n) is 13.2. The van der Waals surface area contributed by atoms with Crippen molar-refractivity contribution < 1.29 is 19.1 Å². The Morgan fingerprint density at radius 1 is 1.35 bits per heavy atom. The van der Waals surface area contributed by atoms with E-state index in [1.165, 1.54) is 0 Å². The summed E-state index contributed by atoms with van der Waals surface area (Å²) < 4.78 is 10.7. The van der Waals surface area contributed by atoms with Gasteiger partial charge in [-0.25, -0.2) is 0 Å².